The number of nitrogens with two attached hydrogens (primary N) is 2. The first-order valence-corrected chi connectivity index (χ1v) is 15.9. The topological polar surface area (TPSA) is 320 Å². The Labute approximate surface area is 248 Å². The Bertz CT molecular complexity index is 1900. The first kappa shape index (κ1) is 31.5. The van der Waals surface area contributed by atoms with E-state index in [9.17, 15) is 23.9 Å². The first-order chi connectivity index (χ1) is 21.1. The van der Waals surface area contributed by atoms with E-state index in [2.05, 4.69) is 34.4 Å². The highest BCUT2D eigenvalue weighted by atomic mass is 31.2. The van der Waals surface area contributed by atoms with Gasteiger partial charge < -0.3 is 40.7 Å². The molecule has 0 radical (unpaired) electrons. The van der Waals surface area contributed by atoms with Crippen LogP contribution in [0.4, 0.5) is 16.2 Å². The molecule has 0 aliphatic carbocycles. The van der Waals surface area contributed by atoms with Crippen molar-refractivity contribution in [1.29, 1.82) is 0 Å². The van der Waals surface area contributed by atoms with Crippen LogP contribution in [0.15, 0.2) is 23.8 Å². The third kappa shape index (κ3) is 6.33. The summed E-state index contributed by atoms with van der Waals surface area (Å²) in [5, 5.41) is 11.1. The minimum atomic E-state index is -5.24. The number of nitrogens with one attached hydrogen (secondary N) is 1. The van der Waals surface area contributed by atoms with Gasteiger partial charge in [0.2, 0.25) is 11.8 Å². The molecule has 25 heteroatoms. The molecule has 6 heterocycles. The van der Waals surface area contributed by atoms with E-state index in [0.717, 1.165) is 6.33 Å². The number of anilines is 2. The molecule has 4 aromatic heterocycles. The van der Waals surface area contributed by atoms with E-state index in [-0.39, 0.29) is 46.9 Å². The van der Waals surface area contributed by atoms with Gasteiger partial charge in [-0.3, -0.25) is 32.5 Å². The van der Waals surface area contributed by atoms with Crippen LogP contribution in [0.1, 0.15) is 25.3 Å². The first-order valence-electron chi connectivity index (χ1n) is 12.8. The molecule has 9 N–H and O–H groups in total. The number of imidazole rings is 2. The Morgan fingerprint density at radius 3 is 2.58 bits per heavy atom. The van der Waals surface area contributed by atoms with Gasteiger partial charge in [0.05, 0.1) is 19.3 Å². The van der Waals surface area contributed by atoms with Crippen molar-refractivity contribution < 1.29 is 56.4 Å². The Morgan fingerprint density at radius 1 is 1.09 bits per heavy atom. The van der Waals surface area contributed by atoms with Crippen LogP contribution in [-0.2, 0) is 32.2 Å². The Hall–Kier alpha value is -3.47. The minimum Gasteiger partial charge on any atom is -0.386 e. The fourth-order valence-electron chi connectivity index (χ4n) is 4.96. The highest BCUT2D eigenvalue weighted by Gasteiger charge is 2.51. The van der Waals surface area contributed by atoms with Crippen molar-refractivity contribution in [3.8, 4) is 0 Å². The maximum atomic E-state index is 15.6. The van der Waals surface area contributed by atoms with Gasteiger partial charge in [-0.05, 0) is 6.42 Å². The molecule has 244 valence electrons. The number of nitrogen functional groups attached to an aromatic ring is 2. The SMILES string of the molecule is Nc1nc2c(ncn2[C@H]2CC[C@@](F)(COP(=O)(O)O[C@H]3[C@@H](O)[C@H](n4cnc5c(N)ncnc54)O[C@@H]3COP(=O)(O)O)O2)c(=O)[nH]1. The summed E-state index contributed by atoms with van der Waals surface area (Å²) in [7, 11) is -10.3. The molecule has 0 bridgehead atoms. The molecule has 0 amide bonds. The lowest BCUT2D eigenvalue weighted by Gasteiger charge is -2.25. The lowest BCUT2D eigenvalue weighted by atomic mass is 10.1. The van der Waals surface area contributed by atoms with Gasteiger partial charge >= 0.3 is 15.6 Å². The quantitative estimate of drug-likeness (QED) is 0.0985. The number of hydrogen-bond acceptors (Lipinski definition) is 16. The van der Waals surface area contributed by atoms with E-state index in [0.29, 0.717) is 0 Å². The number of ether oxygens (including phenoxy) is 2. The average Bonchev–Trinajstić information content (AvgIpc) is 3.72. The maximum Gasteiger partial charge on any atom is 0.472 e. The predicted octanol–water partition coefficient (Wildman–Crippen LogP) is -1.03. The van der Waals surface area contributed by atoms with E-state index in [4.69, 9.17) is 39.8 Å². The summed E-state index contributed by atoms with van der Waals surface area (Å²) >= 11 is 0. The number of H-pyrrole nitrogens is 1. The fourth-order valence-corrected chi connectivity index (χ4v) is 6.29. The molecule has 6 rings (SSSR count). The number of aliphatic hydroxyl groups excluding tert-OH is 1. The summed E-state index contributed by atoms with van der Waals surface area (Å²) in [6.07, 6.45) is -4.50. The van der Waals surface area contributed by atoms with Crippen molar-refractivity contribution in [2.45, 2.75) is 49.5 Å². The number of halogens is 1. The van der Waals surface area contributed by atoms with Crippen LogP contribution >= 0.6 is 15.6 Å². The van der Waals surface area contributed by atoms with Gasteiger partial charge in [0.1, 0.15) is 43.0 Å². The number of hydrogen-bond donors (Lipinski definition) is 7. The van der Waals surface area contributed by atoms with E-state index < -0.39 is 71.0 Å². The molecular weight excluding hydrogens is 653 g/mol. The highest BCUT2D eigenvalue weighted by molar-refractivity contribution is 7.47. The number of phosphoric acid groups is 2. The second-order valence-electron chi connectivity index (χ2n) is 10.0. The van der Waals surface area contributed by atoms with Crippen LogP contribution in [0.2, 0.25) is 0 Å². The lowest BCUT2D eigenvalue weighted by molar-refractivity contribution is -0.174. The molecule has 4 aromatic rings. The number of aromatic nitrogens is 8. The molecule has 7 atom stereocenters. The molecule has 2 saturated heterocycles. The summed E-state index contributed by atoms with van der Waals surface area (Å²) in [5.74, 6) is -2.83. The lowest BCUT2D eigenvalue weighted by Crippen LogP contribution is -2.36. The van der Waals surface area contributed by atoms with Crippen LogP contribution in [0, 0.1) is 0 Å². The number of alkyl halides is 1. The summed E-state index contributed by atoms with van der Waals surface area (Å²) in [6.45, 7) is -2.04. The van der Waals surface area contributed by atoms with Crippen LogP contribution in [0.5, 0.6) is 0 Å². The smallest absolute Gasteiger partial charge is 0.386 e. The standard InChI is InChI=1S/C20H25FN10O12P2/c21-20(2-1-9(42-20)30-6-27-11-16(30)28-19(23)29-17(11)33)4-40-45(37,38)43-13-8(3-39-44(34,35)36)41-18(12(13)32)31-7-26-10-14(22)24-5-25-15(10)31/h5-9,12-13,18,32H,1-4H2,(H,37,38)(H2,22,24,25)(H2,34,35,36)(H3,23,28,29,33)/t8-,9-,12-,13-,18-,20+/m1/s1. The molecule has 0 aromatic carbocycles. The van der Waals surface area contributed by atoms with Crippen molar-refractivity contribution in [2.75, 3.05) is 24.7 Å². The van der Waals surface area contributed by atoms with E-state index in [1.807, 2.05) is 0 Å². The molecule has 1 unspecified atom stereocenters. The monoisotopic (exact) mass is 678 g/mol. The number of aliphatic hydroxyl groups is 1. The second-order valence-corrected chi connectivity index (χ2v) is 12.7. The molecule has 2 aliphatic heterocycles. The fraction of sp³-hybridized carbons (Fsp3) is 0.500. The Morgan fingerprint density at radius 2 is 1.82 bits per heavy atom. The predicted molar refractivity (Wildman–Crippen MR) is 144 cm³/mol. The number of phosphoric ester groups is 2. The van der Waals surface area contributed by atoms with E-state index >= 15 is 4.39 Å². The van der Waals surface area contributed by atoms with Gasteiger partial charge in [-0.1, -0.05) is 0 Å². The van der Waals surface area contributed by atoms with Crippen LogP contribution in [-0.4, -0.2) is 96.2 Å². The van der Waals surface area contributed by atoms with Crippen molar-refractivity contribution in [3.63, 3.8) is 0 Å². The van der Waals surface area contributed by atoms with Crippen LogP contribution < -0.4 is 17.0 Å². The van der Waals surface area contributed by atoms with Crippen molar-refractivity contribution >= 4 is 49.7 Å². The zero-order chi connectivity index (χ0) is 32.3. The Kier molecular flexibility index (Phi) is 7.98. The van der Waals surface area contributed by atoms with Gasteiger partial charge in [-0.15, -0.1) is 0 Å². The largest absolute Gasteiger partial charge is 0.472 e. The zero-order valence-electron chi connectivity index (χ0n) is 22.6. The molecule has 0 spiro atoms. The molecule has 2 fully saturated rings. The van der Waals surface area contributed by atoms with Gasteiger partial charge in [-0.2, -0.15) is 4.98 Å². The summed E-state index contributed by atoms with van der Waals surface area (Å²) in [5.41, 5.74) is 10.9. The van der Waals surface area contributed by atoms with Gasteiger partial charge in [-0.25, -0.2) is 33.5 Å². The summed E-state index contributed by atoms with van der Waals surface area (Å²) in [4.78, 5) is 62.9. The third-order valence-electron chi connectivity index (χ3n) is 6.95. The van der Waals surface area contributed by atoms with Crippen LogP contribution in [0.3, 0.4) is 0 Å². The Balaban J connectivity index is 1.16. The zero-order valence-corrected chi connectivity index (χ0v) is 24.3. The maximum absolute atomic E-state index is 15.6. The van der Waals surface area contributed by atoms with E-state index in [1.54, 1.807) is 0 Å². The van der Waals surface area contributed by atoms with E-state index in [1.165, 1.54) is 21.8 Å². The molecule has 0 saturated carbocycles. The molecule has 2 aliphatic rings. The number of fused-ring (bicyclic) bond motifs is 2. The summed E-state index contributed by atoms with van der Waals surface area (Å²) in [6, 6.07) is 0. The third-order valence-corrected chi connectivity index (χ3v) is 8.40. The molecule has 22 nitrogen and oxygen atoms in total. The van der Waals surface area contributed by atoms with Crippen molar-refractivity contribution in [1.82, 2.24) is 39.0 Å². The second kappa shape index (κ2) is 11.4. The van der Waals surface area contributed by atoms with Gasteiger partial charge in [0, 0.05) is 6.42 Å². The average molecular weight is 678 g/mol. The minimum absolute atomic E-state index is 0.000444. The number of nitrogens with zero attached hydrogens (tertiary/aromatic N) is 7. The molecular formula is C20H25FN10O12P2. The van der Waals surface area contributed by atoms with Gasteiger partial charge in [0.25, 0.3) is 5.56 Å². The normalized spacial score (nSPS) is 28.7. The van der Waals surface area contributed by atoms with Gasteiger partial charge in [0.15, 0.2) is 28.9 Å². The summed E-state index contributed by atoms with van der Waals surface area (Å²) < 4.78 is 67.9. The highest BCUT2D eigenvalue weighted by Crippen LogP contribution is 2.51. The van der Waals surface area contributed by atoms with Crippen LogP contribution in [0.25, 0.3) is 22.3 Å². The molecule has 45 heavy (non-hydrogen) atoms. The van der Waals surface area contributed by atoms with Crippen molar-refractivity contribution in [3.05, 3.63) is 29.3 Å². The number of aromatic amines is 1. The number of rotatable bonds is 10. The van der Waals surface area contributed by atoms with Crippen molar-refractivity contribution in [2.24, 2.45) is 0 Å².